The highest BCUT2D eigenvalue weighted by atomic mass is 32.2. The first kappa shape index (κ1) is 18.1. The summed E-state index contributed by atoms with van der Waals surface area (Å²) in [7, 11) is -3.73. The number of aryl methyl sites for hydroxylation is 1. The number of primary sulfonamides is 1. The van der Waals surface area contributed by atoms with Gasteiger partial charge in [-0.3, -0.25) is 0 Å². The molecular formula is C21H18N4O2S. The predicted octanol–water partition coefficient (Wildman–Crippen LogP) is 4.00. The lowest BCUT2D eigenvalue weighted by molar-refractivity contribution is 0.598. The van der Waals surface area contributed by atoms with Gasteiger partial charge in [-0.25, -0.2) is 23.5 Å². The van der Waals surface area contributed by atoms with Gasteiger partial charge in [-0.2, -0.15) is 0 Å². The molecular weight excluding hydrogens is 372 g/mol. The Morgan fingerprint density at radius 3 is 2.21 bits per heavy atom. The lowest BCUT2D eigenvalue weighted by Gasteiger charge is -2.11. The molecule has 6 nitrogen and oxygen atoms in total. The van der Waals surface area contributed by atoms with Crippen LogP contribution in [0.5, 0.6) is 0 Å². The Hall–Kier alpha value is -3.29. The largest absolute Gasteiger partial charge is 0.340 e. The molecule has 0 aliphatic rings. The van der Waals surface area contributed by atoms with Crippen molar-refractivity contribution in [1.29, 1.82) is 0 Å². The Morgan fingerprint density at radius 1 is 0.857 bits per heavy atom. The van der Waals surface area contributed by atoms with Crippen molar-refractivity contribution in [3.8, 4) is 11.4 Å². The van der Waals surface area contributed by atoms with Crippen LogP contribution in [0.15, 0.2) is 77.7 Å². The maximum atomic E-state index is 11.4. The van der Waals surface area contributed by atoms with Crippen LogP contribution in [-0.4, -0.2) is 18.4 Å². The summed E-state index contributed by atoms with van der Waals surface area (Å²) >= 11 is 0. The Labute approximate surface area is 163 Å². The molecule has 140 valence electrons. The summed E-state index contributed by atoms with van der Waals surface area (Å²) in [6.45, 7) is 2.03. The van der Waals surface area contributed by atoms with Gasteiger partial charge in [-0.15, -0.1) is 0 Å². The number of nitrogens with zero attached hydrogens (tertiary/aromatic N) is 2. The topological polar surface area (TPSA) is 98.0 Å². The van der Waals surface area contributed by atoms with Gasteiger partial charge < -0.3 is 5.32 Å². The minimum atomic E-state index is -3.73. The van der Waals surface area contributed by atoms with Crippen molar-refractivity contribution in [2.75, 3.05) is 5.32 Å². The van der Waals surface area contributed by atoms with Crippen molar-refractivity contribution >= 4 is 32.4 Å². The van der Waals surface area contributed by atoms with Gasteiger partial charge in [0.25, 0.3) is 0 Å². The smallest absolute Gasteiger partial charge is 0.238 e. The monoisotopic (exact) mass is 390 g/mol. The van der Waals surface area contributed by atoms with E-state index in [4.69, 9.17) is 10.1 Å². The highest BCUT2D eigenvalue weighted by Gasteiger charge is 2.11. The predicted molar refractivity (Wildman–Crippen MR) is 111 cm³/mol. The molecule has 0 spiro atoms. The van der Waals surface area contributed by atoms with E-state index in [9.17, 15) is 8.42 Å². The van der Waals surface area contributed by atoms with Crippen molar-refractivity contribution in [1.82, 2.24) is 9.97 Å². The van der Waals surface area contributed by atoms with Gasteiger partial charge >= 0.3 is 0 Å². The average molecular weight is 390 g/mol. The molecule has 4 aromatic rings. The molecule has 3 N–H and O–H groups in total. The number of sulfonamides is 1. The van der Waals surface area contributed by atoms with E-state index in [1.165, 1.54) is 12.1 Å². The van der Waals surface area contributed by atoms with E-state index >= 15 is 0 Å². The maximum Gasteiger partial charge on any atom is 0.238 e. The first-order chi connectivity index (χ1) is 13.4. The van der Waals surface area contributed by atoms with E-state index in [1.807, 2.05) is 55.5 Å². The lowest BCUT2D eigenvalue weighted by Crippen LogP contribution is -2.11. The van der Waals surface area contributed by atoms with Crippen molar-refractivity contribution < 1.29 is 8.42 Å². The van der Waals surface area contributed by atoms with E-state index in [-0.39, 0.29) is 4.90 Å². The molecule has 0 saturated heterocycles. The van der Waals surface area contributed by atoms with Crippen LogP contribution in [0, 0.1) is 6.92 Å². The summed E-state index contributed by atoms with van der Waals surface area (Å²) in [4.78, 5) is 9.44. The highest BCUT2D eigenvalue weighted by molar-refractivity contribution is 7.89. The number of fused-ring (bicyclic) bond motifs is 1. The molecule has 0 saturated carbocycles. The van der Waals surface area contributed by atoms with Crippen LogP contribution >= 0.6 is 0 Å². The van der Waals surface area contributed by atoms with Crippen molar-refractivity contribution in [2.24, 2.45) is 5.14 Å². The summed E-state index contributed by atoms with van der Waals surface area (Å²) in [6.07, 6.45) is 0. The molecule has 0 aliphatic carbocycles. The van der Waals surface area contributed by atoms with Crippen molar-refractivity contribution in [2.45, 2.75) is 11.8 Å². The third-order valence-electron chi connectivity index (χ3n) is 4.36. The summed E-state index contributed by atoms with van der Waals surface area (Å²) in [5.41, 5.74) is 3.60. The van der Waals surface area contributed by atoms with Crippen LogP contribution in [0.1, 0.15) is 5.56 Å². The average Bonchev–Trinajstić information content (AvgIpc) is 2.68. The third kappa shape index (κ3) is 3.71. The molecule has 4 rings (SSSR count). The van der Waals surface area contributed by atoms with Crippen LogP contribution in [0.4, 0.5) is 11.5 Å². The zero-order valence-corrected chi connectivity index (χ0v) is 15.9. The summed E-state index contributed by atoms with van der Waals surface area (Å²) < 4.78 is 22.9. The second-order valence-electron chi connectivity index (χ2n) is 6.47. The van der Waals surface area contributed by atoms with E-state index in [2.05, 4.69) is 10.3 Å². The second kappa shape index (κ2) is 7.03. The quantitative estimate of drug-likeness (QED) is 0.549. The summed E-state index contributed by atoms with van der Waals surface area (Å²) in [5, 5.41) is 9.29. The minimum absolute atomic E-state index is 0.0611. The molecule has 1 heterocycles. The van der Waals surface area contributed by atoms with Crippen LogP contribution in [0.3, 0.4) is 0 Å². The fourth-order valence-electron chi connectivity index (χ4n) is 2.87. The van der Waals surface area contributed by atoms with E-state index in [0.29, 0.717) is 17.3 Å². The van der Waals surface area contributed by atoms with Crippen LogP contribution < -0.4 is 10.5 Å². The van der Waals surface area contributed by atoms with Gasteiger partial charge in [0.05, 0.1) is 10.4 Å². The Kier molecular flexibility index (Phi) is 4.54. The van der Waals surface area contributed by atoms with Crippen LogP contribution in [-0.2, 0) is 10.0 Å². The van der Waals surface area contributed by atoms with E-state index in [0.717, 1.165) is 22.0 Å². The third-order valence-corrected chi connectivity index (χ3v) is 5.29. The zero-order valence-electron chi connectivity index (χ0n) is 15.1. The van der Waals surface area contributed by atoms with Crippen LogP contribution in [0.2, 0.25) is 0 Å². The molecule has 0 radical (unpaired) electrons. The minimum Gasteiger partial charge on any atom is -0.340 e. The fraction of sp³-hybridized carbons (Fsp3) is 0.0476. The van der Waals surface area contributed by atoms with E-state index < -0.39 is 10.0 Å². The summed E-state index contributed by atoms with van der Waals surface area (Å²) in [6, 6.07) is 22.0. The molecule has 0 unspecified atom stereocenters. The van der Waals surface area contributed by atoms with Gasteiger partial charge in [0.15, 0.2) is 5.82 Å². The number of para-hydroxylation sites is 1. The first-order valence-electron chi connectivity index (χ1n) is 8.64. The molecule has 0 aliphatic heterocycles. The molecule has 28 heavy (non-hydrogen) atoms. The molecule has 7 heteroatoms. The maximum absolute atomic E-state index is 11.4. The highest BCUT2D eigenvalue weighted by Crippen LogP contribution is 2.27. The molecule has 0 fully saturated rings. The SMILES string of the molecule is Cc1ccc(-c2nc(Nc3ccc(S(N)(=O)=O)cc3)c3ccccc3n2)cc1. The normalized spacial score (nSPS) is 11.5. The van der Waals surface area contributed by atoms with Crippen molar-refractivity contribution in [3.63, 3.8) is 0 Å². The standard InChI is InChI=1S/C21H18N4O2S/c1-14-6-8-15(9-7-14)20-24-19-5-3-2-4-18(19)21(25-20)23-16-10-12-17(13-11-16)28(22,26)27/h2-13H,1H3,(H2,22,26,27)(H,23,24,25). The second-order valence-corrected chi connectivity index (χ2v) is 8.03. The molecule has 0 bridgehead atoms. The van der Waals surface area contributed by atoms with Crippen molar-refractivity contribution in [3.05, 3.63) is 78.4 Å². The van der Waals surface area contributed by atoms with E-state index in [1.54, 1.807) is 12.1 Å². The molecule has 0 atom stereocenters. The Balaban J connectivity index is 1.78. The first-order valence-corrected chi connectivity index (χ1v) is 10.2. The van der Waals surface area contributed by atoms with Gasteiger partial charge in [0.1, 0.15) is 5.82 Å². The molecule has 0 amide bonds. The lowest BCUT2D eigenvalue weighted by atomic mass is 10.1. The number of hydrogen-bond acceptors (Lipinski definition) is 5. The number of rotatable bonds is 4. The van der Waals surface area contributed by atoms with Gasteiger partial charge in [0, 0.05) is 16.6 Å². The molecule has 1 aromatic heterocycles. The Morgan fingerprint density at radius 2 is 1.54 bits per heavy atom. The summed E-state index contributed by atoms with van der Waals surface area (Å²) in [5.74, 6) is 1.26. The van der Waals surface area contributed by atoms with Gasteiger partial charge in [-0.1, -0.05) is 42.0 Å². The Bertz CT molecular complexity index is 1250. The number of anilines is 2. The van der Waals surface area contributed by atoms with Crippen LogP contribution in [0.25, 0.3) is 22.3 Å². The van der Waals surface area contributed by atoms with Gasteiger partial charge in [-0.05, 0) is 43.3 Å². The number of nitrogens with one attached hydrogen (secondary N) is 1. The fourth-order valence-corrected chi connectivity index (χ4v) is 3.38. The number of hydrogen-bond donors (Lipinski definition) is 2. The molecule has 3 aromatic carbocycles. The number of benzene rings is 3. The number of aromatic nitrogens is 2. The number of nitrogens with two attached hydrogens (primary N) is 1. The zero-order chi connectivity index (χ0) is 19.7. The van der Waals surface area contributed by atoms with Gasteiger partial charge in [0.2, 0.25) is 10.0 Å².